The lowest BCUT2D eigenvalue weighted by molar-refractivity contribution is -0.120. The third kappa shape index (κ3) is 4.88. The van der Waals surface area contributed by atoms with E-state index in [2.05, 4.69) is 10.2 Å². The van der Waals surface area contributed by atoms with Crippen LogP contribution in [0.1, 0.15) is 17.2 Å². The summed E-state index contributed by atoms with van der Waals surface area (Å²) in [6.45, 7) is 1.43. The van der Waals surface area contributed by atoms with Crippen LogP contribution in [-0.2, 0) is 11.2 Å². The third-order valence-electron chi connectivity index (χ3n) is 4.62. The smallest absolute Gasteiger partial charge is 0.224 e. The lowest BCUT2D eigenvalue weighted by Gasteiger charge is -2.25. The van der Waals surface area contributed by atoms with Gasteiger partial charge in [0, 0.05) is 6.54 Å². The first-order valence-electron chi connectivity index (χ1n) is 9.13. The lowest BCUT2D eigenvalue weighted by Crippen LogP contribution is -2.35. The van der Waals surface area contributed by atoms with Crippen molar-refractivity contribution in [3.05, 3.63) is 52.5 Å². The van der Waals surface area contributed by atoms with E-state index in [0.717, 1.165) is 16.9 Å². The first-order chi connectivity index (χ1) is 13.5. The minimum atomic E-state index is -0.0810. The van der Waals surface area contributed by atoms with E-state index in [1.165, 1.54) is 0 Å². The zero-order valence-corrected chi connectivity index (χ0v) is 17.1. The number of rotatable bonds is 7. The van der Waals surface area contributed by atoms with Gasteiger partial charge in [-0.15, -0.1) is 0 Å². The van der Waals surface area contributed by atoms with Gasteiger partial charge in [-0.05, 0) is 49.5 Å². The number of benzene rings is 2. The van der Waals surface area contributed by atoms with Crippen LogP contribution in [0.15, 0.2) is 36.4 Å². The maximum atomic E-state index is 12.5. The first-order valence-corrected chi connectivity index (χ1v) is 9.51. The average molecular weight is 405 g/mol. The summed E-state index contributed by atoms with van der Waals surface area (Å²) < 4.78 is 16.4. The molecular weight excluding hydrogens is 380 g/mol. The zero-order chi connectivity index (χ0) is 20.1. The molecule has 2 aromatic rings. The molecule has 0 fully saturated rings. The predicted molar refractivity (Wildman–Crippen MR) is 109 cm³/mol. The number of ether oxygens (including phenoxy) is 3. The Balaban J connectivity index is 1.64. The molecule has 1 atom stereocenters. The van der Waals surface area contributed by atoms with E-state index < -0.39 is 0 Å². The van der Waals surface area contributed by atoms with Gasteiger partial charge in [0.1, 0.15) is 19.0 Å². The Morgan fingerprint density at radius 3 is 2.79 bits per heavy atom. The molecule has 1 amide bonds. The van der Waals surface area contributed by atoms with Crippen molar-refractivity contribution in [2.75, 3.05) is 41.0 Å². The Bertz CT molecular complexity index is 841. The Labute approximate surface area is 170 Å². The summed E-state index contributed by atoms with van der Waals surface area (Å²) >= 11 is 6.25. The average Bonchev–Trinajstić information content (AvgIpc) is 2.68. The number of carbonyl (C=O) groups excluding carboxylic acids is 1. The van der Waals surface area contributed by atoms with Crippen LogP contribution in [0.3, 0.4) is 0 Å². The molecule has 0 saturated heterocycles. The molecule has 150 valence electrons. The number of amides is 1. The normalized spacial score (nSPS) is 13.9. The summed E-state index contributed by atoms with van der Waals surface area (Å²) in [6, 6.07) is 11.5. The summed E-state index contributed by atoms with van der Waals surface area (Å²) in [7, 11) is 5.61. The van der Waals surface area contributed by atoms with Crippen LogP contribution in [0.2, 0.25) is 5.02 Å². The number of fused-ring (bicyclic) bond motifs is 1. The molecule has 0 radical (unpaired) electrons. The Hall–Kier alpha value is -2.44. The molecule has 0 spiro atoms. The van der Waals surface area contributed by atoms with Gasteiger partial charge in [0.2, 0.25) is 5.91 Å². The molecule has 6 nitrogen and oxygen atoms in total. The van der Waals surface area contributed by atoms with E-state index in [0.29, 0.717) is 36.3 Å². The lowest BCUT2D eigenvalue weighted by atomic mass is 10.1. The minimum absolute atomic E-state index is 0.0305. The van der Waals surface area contributed by atoms with Gasteiger partial charge in [-0.25, -0.2) is 0 Å². The van der Waals surface area contributed by atoms with Crippen molar-refractivity contribution < 1.29 is 19.0 Å². The van der Waals surface area contributed by atoms with Crippen LogP contribution in [0, 0.1) is 0 Å². The summed E-state index contributed by atoms with van der Waals surface area (Å²) in [5, 5.41) is 3.47. The predicted octanol–water partition coefficient (Wildman–Crippen LogP) is 3.08. The molecule has 1 unspecified atom stereocenters. The molecule has 7 heteroatoms. The standard InChI is InChI=1S/C21H25ClN2O4/c1-24(2)18(15-5-4-6-16(12-15)26-3)13-23-20(25)11-14-9-17(22)21-19(10-14)27-7-8-28-21/h4-6,9-10,12,18H,7-8,11,13H2,1-3H3,(H,23,25). The maximum absolute atomic E-state index is 12.5. The molecule has 0 aromatic heterocycles. The van der Waals surface area contributed by atoms with Gasteiger partial charge in [-0.3, -0.25) is 4.79 Å². The van der Waals surface area contributed by atoms with Crippen molar-refractivity contribution in [3.8, 4) is 17.2 Å². The SMILES string of the molecule is COc1cccc(C(CNC(=O)Cc2cc(Cl)c3c(c2)OCCO3)N(C)C)c1. The largest absolute Gasteiger partial charge is 0.497 e. The Morgan fingerprint density at radius 1 is 1.25 bits per heavy atom. The highest BCUT2D eigenvalue weighted by Crippen LogP contribution is 2.38. The molecule has 1 N–H and O–H groups in total. The van der Waals surface area contributed by atoms with Gasteiger partial charge < -0.3 is 24.4 Å². The number of nitrogens with zero attached hydrogens (tertiary/aromatic N) is 1. The number of hydrogen-bond acceptors (Lipinski definition) is 5. The number of carbonyl (C=O) groups is 1. The van der Waals surface area contributed by atoms with E-state index in [-0.39, 0.29) is 18.4 Å². The quantitative estimate of drug-likeness (QED) is 0.768. The second-order valence-corrected chi connectivity index (χ2v) is 7.25. The highest BCUT2D eigenvalue weighted by Gasteiger charge is 2.19. The van der Waals surface area contributed by atoms with Crippen LogP contribution in [0.25, 0.3) is 0 Å². The van der Waals surface area contributed by atoms with E-state index >= 15 is 0 Å². The minimum Gasteiger partial charge on any atom is -0.497 e. The number of methoxy groups -OCH3 is 1. The molecule has 0 bridgehead atoms. The maximum Gasteiger partial charge on any atom is 0.224 e. The van der Waals surface area contributed by atoms with Crippen molar-refractivity contribution in [2.24, 2.45) is 0 Å². The fourth-order valence-electron chi connectivity index (χ4n) is 3.17. The van der Waals surface area contributed by atoms with E-state index in [9.17, 15) is 4.79 Å². The Kier molecular flexibility index (Phi) is 6.65. The molecule has 28 heavy (non-hydrogen) atoms. The van der Waals surface area contributed by atoms with Crippen LogP contribution >= 0.6 is 11.6 Å². The van der Waals surface area contributed by atoms with Gasteiger partial charge in [-0.1, -0.05) is 23.7 Å². The molecule has 0 saturated carbocycles. The first kappa shape index (κ1) is 20.3. The highest BCUT2D eigenvalue weighted by molar-refractivity contribution is 6.32. The topological polar surface area (TPSA) is 60.0 Å². The molecule has 2 aromatic carbocycles. The fraction of sp³-hybridized carbons (Fsp3) is 0.381. The van der Waals surface area contributed by atoms with E-state index in [1.807, 2.05) is 44.4 Å². The molecule has 1 aliphatic heterocycles. The van der Waals surface area contributed by atoms with Crippen molar-refractivity contribution in [1.82, 2.24) is 10.2 Å². The van der Waals surface area contributed by atoms with Gasteiger partial charge >= 0.3 is 0 Å². The highest BCUT2D eigenvalue weighted by atomic mass is 35.5. The summed E-state index contributed by atoms with van der Waals surface area (Å²) in [6.07, 6.45) is 0.217. The molecule has 0 aliphatic carbocycles. The number of nitrogens with one attached hydrogen (secondary N) is 1. The van der Waals surface area contributed by atoms with Gasteiger partial charge in [0.15, 0.2) is 11.5 Å². The molecular formula is C21H25ClN2O4. The second kappa shape index (κ2) is 9.17. The fourth-order valence-corrected chi connectivity index (χ4v) is 3.46. The van der Waals surface area contributed by atoms with Gasteiger partial charge in [0.05, 0.1) is 24.6 Å². The number of halogens is 1. The van der Waals surface area contributed by atoms with Crippen LogP contribution in [0.5, 0.6) is 17.2 Å². The van der Waals surface area contributed by atoms with Gasteiger partial charge in [-0.2, -0.15) is 0 Å². The van der Waals surface area contributed by atoms with Crippen molar-refractivity contribution >= 4 is 17.5 Å². The van der Waals surface area contributed by atoms with Gasteiger partial charge in [0.25, 0.3) is 0 Å². The number of likely N-dealkylation sites (N-methyl/N-ethyl adjacent to an activating group) is 1. The monoisotopic (exact) mass is 404 g/mol. The van der Waals surface area contributed by atoms with Crippen LogP contribution in [-0.4, -0.2) is 51.8 Å². The second-order valence-electron chi connectivity index (χ2n) is 6.84. The van der Waals surface area contributed by atoms with Crippen molar-refractivity contribution in [2.45, 2.75) is 12.5 Å². The summed E-state index contributed by atoms with van der Waals surface area (Å²) in [4.78, 5) is 14.6. The van der Waals surface area contributed by atoms with E-state index in [1.54, 1.807) is 13.2 Å². The van der Waals surface area contributed by atoms with E-state index in [4.69, 9.17) is 25.8 Å². The van der Waals surface area contributed by atoms with Crippen molar-refractivity contribution in [1.29, 1.82) is 0 Å². The molecule has 3 rings (SSSR count). The molecule has 1 aliphatic rings. The number of hydrogen-bond donors (Lipinski definition) is 1. The zero-order valence-electron chi connectivity index (χ0n) is 16.3. The third-order valence-corrected chi connectivity index (χ3v) is 4.90. The summed E-state index contributed by atoms with van der Waals surface area (Å²) in [5.41, 5.74) is 1.86. The summed E-state index contributed by atoms with van der Waals surface area (Å²) in [5.74, 6) is 1.84. The van der Waals surface area contributed by atoms with Crippen LogP contribution in [0.4, 0.5) is 0 Å². The van der Waals surface area contributed by atoms with Crippen molar-refractivity contribution in [3.63, 3.8) is 0 Å². The Morgan fingerprint density at radius 2 is 2.04 bits per heavy atom. The van der Waals surface area contributed by atoms with Crippen LogP contribution < -0.4 is 19.5 Å². The molecule has 1 heterocycles.